The van der Waals surface area contributed by atoms with Gasteiger partial charge in [0.25, 0.3) is 5.91 Å². The maximum atomic E-state index is 12.5. The Kier molecular flexibility index (Phi) is 5.99. The van der Waals surface area contributed by atoms with E-state index in [1.165, 1.54) is 10.3 Å². The SMILES string of the molecule is CCc1ccc2c(c1)sc(=NC(=O)c1ccc(Cl)cc1)n2CCSC. The molecule has 0 aliphatic rings. The maximum absolute atomic E-state index is 12.5. The molecule has 1 heterocycles. The van der Waals surface area contributed by atoms with Gasteiger partial charge in [0, 0.05) is 22.9 Å². The first-order valence-electron chi connectivity index (χ1n) is 8.08. The van der Waals surface area contributed by atoms with Crippen molar-refractivity contribution in [3.63, 3.8) is 0 Å². The van der Waals surface area contributed by atoms with Gasteiger partial charge in [-0.3, -0.25) is 4.79 Å². The van der Waals surface area contributed by atoms with Gasteiger partial charge in [-0.1, -0.05) is 35.9 Å². The lowest BCUT2D eigenvalue weighted by atomic mass is 10.2. The molecule has 0 unspecified atom stereocenters. The van der Waals surface area contributed by atoms with Gasteiger partial charge in [-0.2, -0.15) is 16.8 Å². The van der Waals surface area contributed by atoms with Gasteiger partial charge in [0.1, 0.15) is 0 Å². The quantitative estimate of drug-likeness (QED) is 0.612. The maximum Gasteiger partial charge on any atom is 0.279 e. The summed E-state index contributed by atoms with van der Waals surface area (Å²) in [6.45, 7) is 2.98. The lowest BCUT2D eigenvalue weighted by Crippen LogP contribution is -2.18. The second kappa shape index (κ2) is 8.21. The molecule has 130 valence electrons. The molecule has 0 saturated carbocycles. The molecule has 3 nitrogen and oxygen atoms in total. The zero-order chi connectivity index (χ0) is 17.8. The average molecular weight is 391 g/mol. The second-order valence-corrected chi connectivity index (χ2v) is 8.04. The smallest absolute Gasteiger partial charge is 0.279 e. The highest BCUT2D eigenvalue weighted by atomic mass is 35.5. The summed E-state index contributed by atoms with van der Waals surface area (Å²) in [6.07, 6.45) is 3.08. The number of thioether (sulfide) groups is 1. The van der Waals surface area contributed by atoms with E-state index >= 15 is 0 Å². The van der Waals surface area contributed by atoms with Crippen LogP contribution in [-0.4, -0.2) is 22.5 Å². The van der Waals surface area contributed by atoms with Crippen molar-refractivity contribution in [2.45, 2.75) is 19.9 Å². The summed E-state index contributed by atoms with van der Waals surface area (Å²) in [4.78, 5) is 17.7. The molecule has 1 aromatic heterocycles. The Hall–Kier alpha value is -1.56. The first-order valence-corrected chi connectivity index (χ1v) is 10.7. The Bertz CT molecular complexity index is 958. The molecule has 3 rings (SSSR count). The fraction of sp³-hybridized carbons (Fsp3) is 0.263. The van der Waals surface area contributed by atoms with Crippen molar-refractivity contribution in [2.75, 3.05) is 12.0 Å². The van der Waals surface area contributed by atoms with Crippen LogP contribution in [-0.2, 0) is 13.0 Å². The van der Waals surface area contributed by atoms with Crippen molar-refractivity contribution in [2.24, 2.45) is 4.99 Å². The van der Waals surface area contributed by atoms with Crippen LogP contribution in [0.5, 0.6) is 0 Å². The molecule has 0 fully saturated rings. The number of aromatic nitrogens is 1. The third kappa shape index (κ3) is 4.17. The zero-order valence-corrected chi connectivity index (χ0v) is 16.5. The zero-order valence-electron chi connectivity index (χ0n) is 14.2. The van der Waals surface area contributed by atoms with Gasteiger partial charge in [0.05, 0.1) is 10.2 Å². The third-order valence-corrected chi connectivity index (χ3v) is 5.85. The van der Waals surface area contributed by atoms with E-state index in [1.807, 2.05) is 0 Å². The van der Waals surface area contributed by atoms with E-state index in [9.17, 15) is 4.79 Å². The summed E-state index contributed by atoms with van der Waals surface area (Å²) in [7, 11) is 0. The Balaban J connectivity index is 2.09. The number of halogens is 1. The van der Waals surface area contributed by atoms with Crippen LogP contribution in [0.25, 0.3) is 10.2 Å². The lowest BCUT2D eigenvalue weighted by Gasteiger charge is -2.04. The first-order chi connectivity index (χ1) is 12.1. The minimum atomic E-state index is -0.239. The number of amides is 1. The molecule has 1 amide bonds. The monoisotopic (exact) mass is 390 g/mol. The largest absolute Gasteiger partial charge is 0.316 e. The number of fused-ring (bicyclic) bond motifs is 1. The molecular weight excluding hydrogens is 372 g/mol. The van der Waals surface area contributed by atoms with Gasteiger partial charge in [0.15, 0.2) is 4.80 Å². The first kappa shape index (κ1) is 18.2. The van der Waals surface area contributed by atoms with Gasteiger partial charge in [-0.05, 0) is 54.6 Å². The number of thiazole rings is 1. The number of hydrogen-bond acceptors (Lipinski definition) is 3. The van der Waals surface area contributed by atoms with Crippen molar-refractivity contribution in [3.05, 3.63) is 63.4 Å². The standard InChI is InChI=1S/C19H19ClN2OS2/c1-3-13-4-9-16-17(12-13)25-19(22(16)10-11-24-2)21-18(23)14-5-7-15(20)8-6-14/h4-9,12H,3,10-11H2,1-2H3. The van der Waals surface area contributed by atoms with Crippen molar-refractivity contribution >= 4 is 50.8 Å². The predicted molar refractivity (Wildman–Crippen MR) is 109 cm³/mol. The lowest BCUT2D eigenvalue weighted by molar-refractivity contribution is 0.0998. The van der Waals surface area contributed by atoms with Crippen LogP contribution in [0.15, 0.2) is 47.5 Å². The molecule has 0 atom stereocenters. The topological polar surface area (TPSA) is 34.4 Å². The summed E-state index contributed by atoms with van der Waals surface area (Å²) in [5, 5.41) is 0.612. The number of carbonyl (C=O) groups is 1. The van der Waals surface area contributed by atoms with Crippen LogP contribution in [0.2, 0.25) is 5.02 Å². The number of aryl methyl sites for hydroxylation is 2. The molecule has 0 aliphatic heterocycles. The van der Waals surface area contributed by atoms with E-state index in [4.69, 9.17) is 11.6 Å². The normalized spacial score (nSPS) is 12.0. The Morgan fingerprint density at radius 2 is 2.00 bits per heavy atom. The number of rotatable bonds is 5. The summed E-state index contributed by atoms with van der Waals surface area (Å²) >= 11 is 9.25. The van der Waals surface area contributed by atoms with Crippen molar-refractivity contribution in [3.8, 4) is 0 Å². The van der Waals surface area contributed by atoms with E-state index < -0.39 is 0 Å². The number of hydrogen-bond donors (Lipinski definition) is 0. The summed E-state index contributed by atoms with van der Waals surface area (Å²) < 4.78 is 3.31. The Morgan fingerprint density at radius 3 is 2.68 bits per heavy atom. The molecule has 2 aromatic carbocycles. The van der Waals surface area contributed by atoms with E-state index in [1.54, 1.807) is 47.4 Å². The van der Waals surface area contributed by atoms with E-state index in [-0.39, 0.29) is 5.91 Å². The van der Waals surface area contributed by atoms with Crippen LogP contribution in [0.4, 0.5) is 0 Å². The summed E-state index contributed by atoms with van der Waals surface area (Å²) in [5.74, 6) is 0.737. The highest BCUT2D eigenvalue weighted by Gasteiger charge is 2.10. The van der Waals surface area contributed by atoms with E-state index in [0.717, 1.165) is 29.0 Å². The van der Waals surface area contributed by atoms with Gasteiger partial charge < -0.3 is 4.57 Å². The Labute approximate surface area is 160 Å². The van der Waals surface area contributed by atoms with Crippen molar-refractivity contribution in [1.29, 1.82) is 0 Å². The number of carbonyl (C=O) groups excluding carboxylic acids is 1. The molecule has 0 bridgehead atoms. The van der Waals surface area contributed by atoms with E-state index in [2.05, 4.69) is 40.9 Å². The minimum absolute atomic E-state index is 0.239. The van der Waals surface area contributed by atoms with Crippen molar-refractivity contribution in [1.82, 2.24) is 4.57 Å². The Morgan fingerprint density at radius 1 is 1.24 bits per heavy atom. The van der Waals surface area contributed by atoms with Gasteiger partial charge in [0.2, 0.25) is 0 Å². The molecule has 0 N–H and O–H groups in total. The van der Waals surface area contributed by atoms with Gasteiger partial charge >= 0.3 is 0 Å². The van der Waals surface area contributed by atoms with Crippen molar-refractivity contribution < 1.29 is 4.79 Å². The summed E-state index contributed by atoms with van der Waals surface area (Å²) in [5.41, 5.74) is 2.98. The predicted octanol–water partition coefficient (Wildman–Crippen LogP) is 5.02. The molecule has 0 spiro atoms. The third-order valence-electron chi connectivity index (χ3n) is 3.96. The minimum Gasteiger partial charge on any atom is -0.316 e. The van der Waals surface area contributed by atoms with Gasteiger partial charge in [-0.25, -0.2) is 0 Å². The molecule has 0 aliphatic carbocycles. The molecule has 0 saturated heterocycles. The molecule has 6 heteroatoms. The highest BCUT2D eigenvalue weighted by molar-refractivity contribution is 7.98. The van der Waals surface area contributed by atoms with E-state index in [0.29, 0.717) is 10.6 Å². The fourth-order valence-electron chi connectivity index (χ4n) is 2.57. The van der Waals surface area contributed by atoms with Gasteiger partial charge in [-0.15, -0.1) is 0 Å². The second-order valence-electron chi connectivity index (χ2n) is 5.61. The molecule has 25 heavy (non-hydrogen) atoms. The fourth-order valence-corrected chi connectivity index (χ4v) is 4.17. The molecular formula is C19H19ClN2OS2. The average Bonchev–Trinajstić information content (AvgIpc) is 2.96. The molecule has 0 radical (unpaired) electrons. The van der Waals surface area contributed by atoms with Crippen LogP contribution < -0.4 is 4.80 Å². The number of nitrogens with zero attached hydrogens (tertiary/aromatic N) is 2. The molecule has 3 aromatic rings. The van der Waals surface area contributed by atoms with Crippen LogP contribution in [0, 0.1) is 0 Å². The number of benzene rings is 2. The van der Waals surface area contributed by atoms with Crippen LogP contribution in [0.3, 0.4) is 0 Å². The van der Waals surface area contributed by atoms with Crippen LogP contribution in [0.1, 0.15) is 22.8 Å². The van der Waals surface area contributed by atoms with Crippen LogP contribution >= 0.6 is 34.7 Å². The summed E-state index contributed by atoms with van der Waals surface area (Å²) in [6, 6.07) is 13.3. The highest BCUT2D eigenvalue weighted by Crippen LogP contribution is 2.20.